The van der Waals surface area contributed by atoms with Crippen molar-refractivity contribution in [3.8, 4) is 5.75 Å². The molecule has 0 saturated carbocycles. The summed E-state index contributed by atoms with van der Waals surface area (Å²) >= 11 is 0. The van der Waals surface area contributed by atoms with Gasteiger partial charge in [-0.05, 0) is 40.8 Å². The van der Waals surface area contributed by atoms with Crippen molar-refractivity contribution in [2.45, 2.75) is 84.4 Å². The SMILES string of the molecule is CCCCCC(C)(Pc1ccccc1C=O)c1cc(C(C)(C)C)cc(C)c1OCc1ccccc1. The van der Waals surface area contributed by atoms with Crippen LogP contribution in [0, 0.1) is 6.92 Å². The second kappa shape index (κ2) is 12.0. The molecule has 0 aromatic heterocycles. The summed E-state index contributed by atoms with van der Waals surface area (Å²) in [5.41, 5.74) is 5.77. The molecule has 0 amide bonds. The molecule has 3 aromatic rings. The van der Waals surface area contributed by atoms with Crippen LogP contribution in [-0.4, -0.2) is 6.29 Å². The number of rotatable bonds is 11. The second-order valence-corrected chi connectivity index (χ2v) is 12.7. The Morgan fingerprint density at radius 2 is 1.60 bits per heavy atom. The van der Waals surface area contributed by atoms with E-state index in [1.807, 2.05) is 24.3 Å². The van der Waals surface area contributed by atoms with Gasteiger partial charge in [0.2, 0.25) is 0 Å². The molecule has 0 aliphatic heterocycles. The monoisotopic (exact) mass is 488 g/mol. The number of ether oxygens (including phenoxy) is 1. The molecule has 35 heavy (non-hydrogen) atoms. The van der Waals surface area contributed by atoms with Crippen molar-refractivity contribution in [1.29, 1.82) is 0 Å². The van der Waals surface area contributed by atoms with Crippen LogP contribution >= 0.6 is 8.58 Å². The summed E-state index contributed by atoms with van der Waals surface area (Å²) in [7, 11) is 0.475. The first-order valence-corrected chi connectivity index (χ1v) is 13.8. The normalized spacial score (nSPS) is 13.7. The average molecular weight is 489 g/mol. The molecule has 186 valence electrons. The van der Waals surface area contributed by atoms with E-state index < -0.39 is 0 Å². The molecule has 0 aliphatic carbocycles. The largest absolute Gasteiger partial charge is 0.488 e. The molecular weight excluding hydrogens is 447 g/mol. The Bertz CT molecular complexity index is 1110. The van der Waals surface area contributed by atoms with E-state index in [2.05, 4.69) is 84.0 Å². The summed E-state index contributed by atoms with van der Waals surface area (Å²) in [6, 6.07) is 23.1. The number of benzene rings is 3. The quantitative estimate of drug-likeness (QED) is 0.154. The number of unbranched alkanes of at least 4 members (excludes halogenated alkanes) is 2. The van der Waals surface area contributed by atoms with Gasteiger partial charge >= 0.3 is 0 Å². The van der Waals surface area contributed by atoms with Crippen molar-refractivity contribution in [2.24, 2.45) is 0 Å². The lowest BCUT2D eigenvalue weighted by molar-refractivity contribution is 0.112. The van der Waals surface area contributed by atoms with Crippen LogP contribution in [0.5, 0.6) is 5.75 Å². The fraction of sp³-hybridized carbons (Fsp3) is 0.406. The van der Waals surface area contributed by atoms with Crippen molar-refractivity contribution >= 4 is 20.2 Å². The minimum atomic E-state index is -0.133. The number of aryl methyl sites for hydroxylation is 1. The number of carbonyl (C=O) groups excluding carboxylic acids is 1. The Labute approximate surface area is 214 Å². The number of hydrogen-bond acceptors (Lipinski definition) is 2. The summed E-state index contributed by atoms with van der Waals surface area (Å²) < 4.78 is 6.60. The molecule has 0 radical (unpaired) electrons. The van der Waals surface area contributed by atoms with Crippen LogP contribution in [0.1, 0.15) is 92.9 Å². The van der Waals surface area contributed by atoms with Gasteiger partial charge in [0.25, 0.3) is 0 Å². The van der Waals surface area contributed by atoms with Gasteiger partial charge in [-0.2, -0.15) is 0 Å². The van der Waals surface area contributed by atoms with E-state index >= 15 is 0 Å². The van der Waals surface area contributed by atoms with Crippen LogP contribution in [0.3, 0.4) is 0 Å². The molecule has 2 atom stereocenters. The molecule has 3 aromatic carbocycles. The van der Waals surface area contributed by atoms with E-state index in [1.54, 1.807) is 0 Å². The lowest BCUT2D eigenvalue weighted by Crippen LogP contribution is -2.24. The lowest BCUT2D eigenvalue weighted by atomic mass is 9.82. The van der Waals surface area contributed by atoms with Crippen LogP contribution in [0.25, 0.3) is 0 Å². The zero-order chi connectivity index (χ0) is 25.5. The van der Waals surface area contributed by atoms with Gasteiger partial charge in [0.15, 0.2) is 6.29 Å². The van der Waals surface area contributed by atoms with Gasteiger partial charge in [0.1, 0.15) is 12.4 Å². The molecule has 0 aliphatic rings. The van der Waals surface area contributed by atoms with Crippen molar-refractivity contribution in [2.75, 3.05) is 0 Å². The molecule has 3 rings (SSSR count). The highest BCUT2D eigenvalue weighted by Gasteiger charge is 2.33. The highest BCUT2D eigenvalue weighted by molar-refractivity contribution is 7.48. The number of hydrogen-bond donors (Lipinski definition) is 0. The average Bonchev–Trinajstić information content (AvgIpc) is 2.83. The molecule has 0 saturated heterocycles. The molecule has 0 heterocycles. The van der Waals surface area contributed by atoms with Crippen LogP contribution < -0.4 is 10.0 Å². The number of aldehydes is 1. The highest BCUT2D eigenvalue weighted by Crippen LogP contribution is 2.50. The maximum Gasteiger partial charge on any atom is 0.150 e. The predicted octanol–water partition coefficient (Wildman–Crippen LogP) is 8.48. The van der Waals surface area contributed by atoms with E-state index in [4.69, 9.17) is 4.74 Å². The Balaban J connectivity index is 2.13. The third-order valence-electron chi connectivity index (χ3n) is 6.74. The first-order valence-electron chi connectivity index (χ1n) is 12.8. The van der Waals surface area contributed by atoms with Gasteiger partial charge in [0.05, 0.1) is 0 Å². The first-order chi connectivity index (χ1) is 16.7. The van der Waals surface area contributed by atoms with Crippen LogP contribution in [0.15, 0.2) is 66.7 Å². The maximum absolute atomic E-state index is 11.9. The fourth-order valence-corrected chi connectivity index (χ4v) is 6.22. The molecule has 2 nitrogen and oxygen atoms in total. The number of carbonyl (C=O) groups is 1. The Morgan fingerprint density at radius 1 is 0.914 bits per heavy atom. The van der Waals surface area contributed by atoms with Crippen molar-refractivity contribution in [3.05, 3.63) is 94.5 Å². The molecule has 0 fully saturated rings. The standard InChI is InChI=1S/C32H41O2P/c1-7-8-14-19-32(6,35-29-18-13-12-17-26(29)22-33)28-21-27(31(3,4)5)20-24(2)30(28)34-23-25-15-10-9-11-16-25/h9-13,15-18,20-22,35H,7-8,14,19,23H2,1-6H3. The van der Waals surface area contributed by atoms with Gasteiger partial charge in [-0.3, -0.25) is 4.79 Å². The predicted molar refractivity (Wildman–Crippen MR) is 152 cm³/mol. The Morgan fingerprint density at radius 3 is 2.26 bits per heavy atom. The van der Waals surface area contributed by atoms with E-state index in [0.717, 1.165) is 35.7 Å². The van der Waals surface area contributed by atoms with Gasteiger partial charge in [0, 0.05) is 16.3 Å². The molecule has 0 spiro atoms. The van der Waals surface area contributed by atoms with Crippen molar-refractivity contribution in [3.63, 3.8) is 0 Å². The first kappa shape index (κ1) is 27.2. The zero-order valence-electron chi connectivity index (χ0n) is 22.3. The van der Waals surface area contributed by atoms with E-state index in [0.29, 0.717) is 15.2 Å². The van der Waals surface area contributed by atoms with Crippen molar-refractivity contribution < 1.29 is 9.53 Å². The lowest BCUT2D eigenvalue weighted by Gasteiger charge is -2.35. The fourth-order valence-electron chi connectivity index (χ4n) is 4.54. The van der Waals surface area contributed by atoms with Crippen LogP contribution in [0.2, 0.25) is 0 Å². The smallest absolute Gasteiger partial charge is 0.150 e. The summed E-state index contributed by atoms with van der Waals surface area (Å²) in [4.78, 5) is 11.9. The third-order valence-corrected chi connectivity index (χ3v) is 8.54. The molecule has 0 bridgehead atoms. The zero-order valence-corrected chi connectivity index (χ0v) is 23.3. The minimum absolute atomic E-state index is 0.0333. The third kappa shape index (κ3) is 7.05. The van der Waals surface area contributed by atoms with Crippen LogP contribution in [-0.2, 0) is 17.2 Å². The minimum Gasteiger partial charge on any atom is -0.488 e. The van der Waals surface area contributed by atoms with Gasteiger partial charge in [-0.15, -0.1) is 0 Å². The Hall–Kier alpha value is -2.44. The highest BCUT2D eigenvalue weighted by atomic mass is 31.1. The van der Waals surface area contributed by atoms with Gasteiger partial charge in [-0.1, -0.05) is 129 Å². The second-order valence-electron chi connectivity index (χ2n) is 10.8. The summed E-state index contributed by atoms with van der Waals surface area (Å²) in [6.07, 6.45) is 5.59. The van der Waals surface area contributed by atoms with E-state index in [1.165, 1.54) is 35.1 Å². The summed E-state index contributed by atoms with van der Waals surface area (Å²) in [5, 5.41) is 1.00. The molecular formula is C32H41O2P. The topological polar surface area (TPSA) is 26.3 Å². The summed E-state index contributed by atoms with van der Waals surface area (Å²) in [5.74, 6) is 0.997. The van der Waals surface area contributed by atoms with E-state index in [-0.39, 0.29) is 10.6 Å². The van der Waals surface area contributed by atoms with E-state index in [9.17, 15) is 4.79 Å². The molecule has 2 unspecified atom stereocenters. The summed E-state index contributed by atoms with van der Waals surface area (Å²) in [6.45, 7) is 14.2. The molecule has 3 heteroatoms. The molecule has 0 N–H and O–H groups in total. The van der Waals surface area contributed by atoms with Crippen LogP contribution in [0.4, 0.5) is 0 Å². The Kier molecular flexibility index (Phi) is 9.31. The van der Waals surface area contributed by atoms with Gasteiger partial charge in [-0.25, -0.2) is 0 Å². The van der Waals surface area contributed by atoms with Gasteiger partial charge < -0.3 is 4.74 Å². The maximum atomic E-state index is 11.9. The van der Waals surface area contributed by atoms with Crippen molar-refractivity contribution in [1.82, 2.24) is 0 Å².